The Hall–Kier alpha value is -1.21. The van der Waals surface area contributed by atoms with E-state index in [1.807, 2.05) is 0 Å². The lowest BCUT2D eigenvalue weighted by Crippen LogP contribution is -2.29. The molecule has 0 aromatic rings. The van der Waals surface area contributed by atoms with Crippen LogP contribution in [0.5, 0.6) is 0 Å². The molecule has 0 rings (SSSR count). The average Bonchev–Trinajstić information content (AvgIpc) is 2.97. The standard InChI is InChI=1S/C34H65O8P/c1-3-5-7-9-11-13-14-15-16-17-18-19-21-22-24-26-28-33(35)40-30-32(31-41-43(37,38)39)42-34(36)29-27-25-23-20-12-10-8-6-4-2/h16-17,32H,3-15,18-31H2,1-2H3,(H2,37,38,39)/b17-16-/t32-/m1/s1. The minimum Gasteiger partial charge on any atom is -0.462 e. The molecule has 0 saturated heterocycles. The summed E-state index contributed by atoms with van der Waals surface area (Å²) in [6, 6.07) is 0. The largest absolute Gasteiger partial charge is 0.469 e. The topological polar surface area (TPSA) is 119 Å². The van der Waals surface area contributed by atoms with E-state index in [4.69, 9.17) is 19.3 Å². The van der Waals surface area contributed by atoms with Gasteiger partial charge in [0.15, 0.2) is 6.10 Å². The van der Waals surface area contributed by atoms with Crippen LogP contribution in [0.25, 0.3) is 0 Å². The molecule has 0 aromatic heterocycles. The van der Waals surface area contributed by atoms with Gasteiger partial charge in [0.2, 0.25) is 0 Å². The van der Waals surface area contributed by atoms with E-state index in [9.17, 15) is 14.2 Å². The van der Waals surface area contributed by atoms with Crippen LogP contribution in [-0.4, -0.2) is 41.0 Å². The molecule has 9 heteroatoms. The van der Waals surface area contributed by atoms with Gasteiger partial charge in [-0.2, -0.15) is 0 Å². The van der Waals surface area contributed by atoms with Crippen molar-refractivity contribution in [2.24, 2.45) is 0 Å². The number of carbonyl (C=O) groups is 2. The second-order valence-corrected chi connectivity index (χ2v) is 13.1. The van der Waals surface area contributed by atoms with Crippen molar-refractivity contribution in [1.82, 2.24) is 0 Å². The summed E-state index contributed by atoms with van der Waals surface area (Å²) in [5.41, 5.74) is 0. The average molecular weight is 633 g/mol. The number of hydrogen-bond acceptors (Lipinski definition) is 6. The fourth-order valence-corrected chi connectivity index (χ4v) is 5.26. The predicted molar refractivity (Wildman–Crippen MR) is 175 cm³/mol. The van der Waals surface area contributed by atoms with Gasteiger partial charge >= 0.3 is 19.8 Å². The zero-order valence-electron chi connectivity index (χ0n) is 27.6. The lowest BCUT2D eigenvalue weighted by Gasteiger charge is -2.18. The van der Waals surface area contributed by atoms with Crippen molar-refractivity contribution in [3.8, 4) is 0 Å². The number of unbranched alkanes of at least 4 members (excludes halogenated alkanes) is 20. The van der Waals surface area contributed by atoms with Crippen LogP contribution in [-0.2, 0) is 28.2 Å². The van der Waals surface area contributed by atoms with Crippen molar-refractivity contribution < 1.29 is 37.9 Å². The molecular weight excluding hydrogens is 567 g/mol. The summed E-state index contributed by atoms with van der Waals surface area (Å²) in [5.74, 6) is -0.893. The monoisotopic (exact) mass is 632 g/mol. The fourth-order valence-electron chi connectivity index (χ4n) is 4.90. The molecule has 0 saturated carbocycles. The Balaban J connectivity index is 3.95. The normalized spacial score (nSPS) is 12.6. The fraction of sp³-hybridized carbons (Fsp3) is 0.882. The molecule has 0 fully saturated rings. The number of phosphoric acid groups is 1. The Labute approximate surface area is 263 Å². The van der Waals surface area contributed by atoms with Crippen molar-refractivity contribution in [2.45, 2.75) is 180 Å². The molecule has 0 heterocycles. The first-order chi connectivity index (χ1) is 20.8. The number of allylic oxidation sites excluding steroid dienone is 2. The molecule has 2 N–H and O–H groups in total. The highest BCUT2D eigenvalue weighted by atomic mass is 31.2. The molecule has 0 aromatic carbocycles. The first-order valence-electron chi connectivity index (χ1n) is 17.5. The van der Waals surface area contributed by atoms with Crippen LogP contribution in [0.15, 0.2) is 12.2 Å². The van der Waals surface area contributed by atoms with Crippen molar-refractivity contribution in [1.29, 1.82) is 0 Å². The van der Waals surface area contributed by atoms with Gasteiger partial charge in [-0.05, 0) is 38.5 Å². The summed E-state index contributed by atoms with van der Waals surface area (Å²) in [7, 11) is -4.74. The van der Waals surface area contributed by atoms with Crippen LogP contribution in [0.2, 0.25) is 0 Å². The molecule has 0 radical (unpaired) electrons. The molecule has 0 bridgehead atoms. The highest BCUT2D eigenvalue weighted by Gasteiger charge is 2.22. The van der Waals surface area contributed by atoms with Crippen molar-refractivity contribution in [2.75, 3.05) is 13.2 Å². The van der Waals surface area contributed by atoms with E-state index in [0.29, 0.717) is 6.42 Å². The summed E-state index contributed by atoms with van der Waals surface area (Å²) in [6.07, 6.45) is 30.8. The predicted octanol–water partition coefficient (Wildman–Crippen LogP) is 9.90. The van der Waals surface area contributed by atoms with Crippen LogP contribution in [0, 0.1) is 0 Å². The van der Waals surface area contributed by atoms with Gasteiger partial charge in [0, 0.05) is 12.8 Å². The lowest BCUT2D eigenvalue weighted by atomic mass is 10.1. The highest BCUT2D eigenvalue weighted by molar-refractivity contribution is 7.46. The van der Waals surface area contributed by atoms with Gasteiger partial charge in [0.25, 0.3) is 0 Å². The Morgan fingerprint density at radius 1 is 0.581 bits per heavy atom. The van der Waals surface area contributed by atoms with Gasteiger partial charge in [-0.15, -0.1) is 0 Å². The van der Waals surface area contributed by atoms with Crippen molar-refractivity contribution in [3.63, 3.8) is 0 Å². The quantitative estimate of drug-likeness (QED) is 0.0325. The molecule has 0 spiro atoms. The summed E-state index contributed by atoms with van der Waals surface area (Å²) in [5, 5.41) is 0. The third-order valence-corrected chi connectivity index (χ3v) is 8.02. The molecule has 0 aliphatic rings. The summed E-state index contributed by atoms with van der Waals surface area (Å²) in [6.45, 7) is 3.63. The summed E-state index contributed by atoms with van der Waals surface area (Å²) >= 11 is 0. The lowest BCUT2D eigenvalue weighted by molar-refractivity contribution is -0.161. The van der Waals surface area contributed by atoms with E-state index in [1.54, 1.807) is 0 Å². The maximum atomic E-state index is 12.3. The first kappa shape index (κ1) is 41.8. The van der Waals surface area contributed by atoms with Gasteiger partial charge in [0.1, 0.15) is 6.61 Å². The molecule has 8 nitrogen and oxygen atoms in total. The molecule has 0 aliphatic carbocycles. The Kier molecular flexibility index (Phi) is 29.9. The van der Waals surface area contributed by atoms with Gasteiger partial charge in [-0.1, -0.05) is 135 Å². The minimum atomic E-state index is -4.74. The number of hydrogen-bond donors (Lipinski definition) is 2. The van der Waals surface area contributed by atoms with E-state index in [2.05, 4.69) is 30.5 Å². The summed E-state index contributed by atoms with van der Waals surface area (Å²) in [4.78, 5) is 42.5. The van der Waals surface area contributed by atoms with Crippen LogP contribution >= 0.6 is 7.82 Å². The van der Waals surface area contributed by atoms with E-state index in [1.165, 1.54) is 83.5 Å². The number of carbonyl (C=O) groups excluding carboxylic acids is 2. The number of rotatable bonds is 32. The molecule has 0 aliphatic heterocycles. The Bertz CT molecular complexity index is 721. The maximum absolute atomic E-state index is 12.3. The minimum absolute atomic E-state index is 0.213. The van der Waals surface area contributed by atoms with Crippen LogP contribution in [0.3, 0.4) is 0 Å². The molecule has 0 unspecified atom stereocenters. The first-order valence-corrected chi connectivity index (χ1v) is 19.0. The number of phosphoric ester groups is 1. The number of esters is 2. The van der Waals surface area contributed by atoms with Crippen LogP contribution in [0.1, 0.15) is 174 Å². The molecule has 43 heavy (non-hydrogen) atoms. The zero-order valence-corrected chi connectivity index (χ0v) is 28.5. The molecule has 0 amide bonds. The molecule has 254 valence electrons. The molecular formula is C34H65O8P. The zero-order chi connectivity index (χ0) is 31.9. The summed E-state index contributed by atoms with van der Waals surface area (Å²) < 4.78 is 26.2. The van der Waals surface area contributed by atoms with Gasteiger partial charge in [-0.25, -0.2) is 4.57 Å². The molecule has 1 atom stereocenters. The third kappa shape index (κ3) is 33.5. The van der Waals surface area contributed by atoms with E-state index >= 15 is 0 Å². The smallest absolute Gasteiger partial charge is 0.462 e. The SMILES string of the molecule is CCCCCCCCC/C=C\CCCCCCCC(=O)OC[C@H](COP(=O)(O)O)OC(=O)CCCCCCCCCCC. The highest BCUT2D eigenvalue weighted by Crippen LogP contribution is 2.36. The second kappa shape index (κ2) is 30.8. The second-order valence-electron chi connectivity index (χ2n) is 11.8. The Morgan fingerprint density at radius 2 is 0.977 bits per heavy atom. The van der Waals surface area contributed by atoms with Gasteiger partial charge in [0.05, 0.1) is 6.61 Å². The van der Waals surface area contributed by atoms with Crippen molar-refractivity contribution >= 4 is 19.8 Å². The van der Waals surface area contributed by atoms with Crippen LogP contribution < -0.4 is 0 Å². The van der Waals surface area contributed by atoms with E-state index in [0.717, 1.165) is 57.8 Å². The van der Waals surface area contributed by atoms with E-state index in [-0.39, 0.29) is 19.4 Å². The van der Waals surface area contributed by atoms with Crippen molar-refractivity contribution in [3.05, 3.63) is 12.2 Å². The number of ether oxygens (including phenoxy) is 2. The van der Waals surface area contributed by atoms with Gasteiger partial charge in [-0.3, -0.25) is 14.1 Å². The maximum Gasteiger partial charge on any atom is 0.469 e. The van der Waals surface area contributed by atoms with Crippen LogP contribution in [0.4, 0.5) is 0 Å². The third-order valence-electron chi connectivity index (χ3n) is 7.53. The Morgan fingerprint density at radius 3 is 1.42 bits per heavy atom. The van der Waals surface area contributed by atoms with E-state index < -0.39 is 32.5 Å². The van der Waals surface area contributed by atoms with Gasteiger partial charge < -0.3 is 19.3 Å².